The molecule has 1 fully saturated rings. The summed E-state index contributed by atoms with van der Waals surface area (Å²) in [5, 5.41) is 10.6. The third-order valence-electron chi connectivity index (χ3n) is 3.49. The molecule has 3 nitrogen and oxygen atoms in total. The molecule has 1 aliphatic rings. The van der Waals surface area contributed by atoms with Gasteiger partial charge in [-0.1, -0.05) is 6.92 Å². The van der Waals surface area contributed by atoms with E-state index in [1.165, 1.54) is 12.0 Å². The third-order valence-corrected chi connectivity index (χ3v) is 4.23. The van der Waals surface area contributed by atoms with E-state index in [2.05, 4.69) is 41.3 Å². The van der Waals surface area contributed by atoms with Crippen LogP contribution in [0.5, 0.6) is 0 Å². The van der Waals surface area contributed by atoms with Crippen molar-refractivity contribution in [3.05, 3.63) is 22.4 Å². The van der Waals surface area contributed by atoms with Crippen LogP contribution in [-0.4, -0.2) is 24.5 Å². The Morgan fingerprint density at radius 2 is 2.50 bits per heavy atom. The van der Waals surface area contributed by atoms with Gasteiger partial charge in [0.15, 0.2) is 0 Å². The van der Waals surface area contributed by atoms with Gasteiger partial charge >= 0.3 is 0 Å². The Morgan fingerprint density at radius 1 is 1.67 bits per heavy atom. The summed E-state index contributed by atoms with van der Waals surface area (Å²) in [6.07, 6.45) is 3.04. The minimum Gasteiger partial charge on any atom is -0.352 e. The molecule has 4 heteroatoms. The van der Waals surface area contributed by atoms with Gasteiger partial charge in [0.1, 0.15) is 0 Å². The highest BCUT2D eigenvalue weighted by Gasteiger charge is 2.25. The summed E-state index contributed by atoms with van der Waals surface area (Å²) in [5.74, 6) is 0.804. The van der Waals surface area contributed by atoms with E-state index in [4.69, 9.17) is 0 Å². The summed E-state index contributed by atoms with van der Waals surface area (Å²) in [6.45, 7) is 5.25. The fraction of sp³-hybridized carbons (Fsp3) is 0.643. The first-order valence-electron chi connectivity index (χ1n) is 6.70. The van der Waals surface area contributed by atoms with Crippen LogP contribution in [0, 0.1) is 5.92 Å². The van der Waals surface area contributed by atoms with Gasteiger partial charge in [-0.3, -0.25) is 4.79 Å². The number of nitrogens with one attached hydrogen (secondary N) is 2. The lowest BCUT2D eigenvalue weighted by Crippen LogP contribution is -2.50. The van der Waals surface area contributed by atoms with Crippen LogP contribution in [0.15, 0.2) is 16.8 Å². The second-order valence-corrected chi connectivity index (χ2v) is 6.16. The van der Waals surface area contributed by atoms with Gasteiger partial charge in [0.05, 0.1) is 6.04 Å². The molecule has 3 unspecified atom stereocenters. The summed E-state index contributed by atoms with van der Waals surface area (Å²) >= 11 is 1.70. The maximum Gasteiger partial charge on any atom is 0.237 e. The van der Waals surface area contributed by atoms with Crippen LogP contribution in [0.2, 0.25) is 0 Å². The van der Waals surface area contributed by atoms with Crippen molar-refractivity contribution >= 4 is 17.2 Å². The van der Waals surface area contributed by atoms with Crippen molar-refractivity contribution < 1.29 is 4.79 Å². The maximum atomic E-state index is 12.1. The molecule has 2 rings (SSSR count). The van der Waals surface area contributed by atoms with Crippen LogP contribution in [0.4, 0.5) is 0 Å². The first-order valence-corrected chi connectivity index (χ1v) is 7.64. The molecule has 0 aliphatic carbocycles. The molecule has 2 heterocycles. The normalized spacial score (nSPS) is 25.7. The minimum atomic E-state index is -0.00123. The van der Waals surface area contributed by atoms with Gasteiger partial charge in [-0.25, -0.2) is 0 Å². The van der Waals surface area contributed by atoms with Gasteiger partial charge < -0.3 is 10.6 Å². The van der Waals surface area contributed by atoms with Crippen molar-refractivity contribution in [2.75, 3.05) is 6.54 Å². The van der Waals surface area contributed by atoms with Crippen LogP contribution >= 0.6 is 11.3 Å². The van der Waals surface area contributed by atoms with E-state index in [0.29, 0.717) is 5.92 Å². The predicted octanol–water partition coefficient (Wildman–Crippen LogP) is 2.18. The SMILES string of the molecule is CC1CCNC(C(=O)NC(C)Cc2ccsc2)C1. The van der Waals surface area contributed by atoms with Crippen molar-refractivity contribution in [1.29, 1.82) is 0 Å². The zero-order valence-corrected chi connectivity index (χ0v) is 11.9. The average Bonchev–Trinajstić information content (AvgIpc) is 2.81. The number of piperidine rings is 1. The number of carbonyl (C=O) groups excluding carboxylic acids is 1. The molecule has 3 atom stereocenters. The lowest BCUT2D eigenvalue weighted by atomic mass is 9.93. The maximum absolute atomic E-state index is 12.1. The fourth-order valence-corrected chi connectivity index (χ4v) is 3.15. The third kappa shape index (κ3) is 3.82. The molecule has 0 radical (unpaired) electrons. The molecule has 18 heavy (non-hydrogen) atoms. The first kappa shape index (κ1) is 13.6. The number of carbonyl (C=O) groups is 1. The van der Waals surface area contributed by atoms with Crippen LogP contribution in [-0.2, 0) is 11.2 Å². The van der Waals surface area contributed by atoms with E-state index in [-0.39, 0.29) is 18.0 Å². The van der Waals surface area contributed by atoms with Gasteiger partial charge in [-0.2, -0.15) is 11.3 Å². The van der Waals surface area contributed by atoms with E-state index in [9.17, 15) is 4.79 Å². The van der Waals surface area contributed by atoms with E-state index in [0.717, 1.165) is 19.4 Å². The summed E-state index contributed by atoms with van der Waals surface area (Å²) < 4.78 is 0. The Kier molecular flexibility index (Phi) is 4.78. The number of hydrogen-bond donors (Lipinski definition) is 2. The monoisotopic (exact) mass is 266 g/mol. The molecule has 0 spiro atoms. The second-order valence-electron chi connectivity index (χ2n) is 5.38. The van der Waals surface area contributed by atoms with Gasteiger partial charge in [0, 0.05) is 6.04 Å². The zero-order chi connectivity index (χ0) is 13.0. The topological polar surface area (TPSA) is 41.1 Å². The van der Waals surface area contributed by atoms with Gasteiger partial charge in [0.2, 0.25) is 5.91 Å². The van der Waals surface area contributed by atoms with Crippen molar-refractivity contribution in [2.45, 2.75) is 45.2 Å². The van der Waals surface area contributed by atoms with Crippen molar-refractivity contribution in [1.82, 2.24) is 10.6 Å². The van der Waals surface area contributed by atoms with Gasteiger partial charge in [-0.15, -0.1) is 0 Å². The van der Waals surface area contributed by atoms with Crippen molar-refractivity contribution in [2.24, 2.45) is 5.92 Å². The molecule has 0 aromatic carbocycles. The summed E-state index contributed by atoms with van der Waals surface area (Å²) in [6, 6.07) is 2.32. The molecule has 1 amide bonds. The molecule has 0 saturated carbocycles. The highest BCUT2D eigenvalue weighted by atomic mass is 32.1. The largest absolute Gasteiger partial charge is 0.352 e. The van der Waals surface area contributed by atoms with Crippen molar-refractivity contribution in [3.63, 3.8) is 0 Å². The highest BCUT2D eigenvalue weighted by Crippen LogP contribution is 2.15. The molecule has 2 N–H and O–H groups in total. The zero-order valence-electron chi connectivity index (χ0n) is 11.1. The summed E-state index contributed by atoms with van der Waals surface area (Å²) in [7, 11) is 0. The Hall–Kier alpha value is -0.870. The Labute approximate surface area is 113 Å². The molecule has 1 aromatic rings. The molecule has 1 saturated heterocycles. The Balaban J connectivity index is 1.79. The lowest BCUT2D eigenvalue weighted by Gasteiger charge is -2.28. The smallest absolute Gasteiger partial charge is 0.237 e. The Bertz CT molecular complexity index is 377. The predicted molar refractivity (Wildman–Crippen MR) is 75.8 cm³/mol. The number of hydrogen-bond acceptors (Lipinski definition) is 3. The van der Waals surface area contributed by atoms with Gasteiger partial charge in [0.25, 0.3) is 0 Å². The molecule has 100 valence electrons. The molecule has 0 bridgehead atoms. The standard InChI is InChI=1S/C14H22N2OS/c1-10-3-5-15-13(7-10)14(17)16-11(2)8-12-4-6-18-9-12/h4,6,9-11,13,15H,3,5,7-8H2,1-2H3,(H,16,17). The van der Waals surface area contributed by atoms with Crippen LogP contribution < -0.4 is 10.6 Å². The average molecular weight is 266 g/mol. The summed E-state index contributed by atoms with van der Waals surface area (Å²) in [5.41, 5.74) is 1.30. The molecule has 1 aromatic heterocycles. The second kappa shape index (κ2) is 6.34. The van der Waals surface area contributed by atoms with Crippen LogP contribution in [0.1, 0.15) is 32.3 Å². The molecular weight excluding hydrogens is 244 g/mol. The first-order chi connectivity index (χ1) is 8.65. The van der Waals surface area contributed by atoms with E-state index in [1.54, 1.807) is 11.3 Å². The number of amides is 1. The minimum absolute atomic E-state index is 0.00123. The van der Waals surface area contributed by atoms with Crippen LogP contribution in [0.25, 0.3) is 0 Å². The van der Waals surface area contributed by atoms with Crippen LogP contribution in [0.3, 0.4) is 0 Å². The highest BCUT2D eigenvalue weighted by molar-refractivity contribution is 7.07. The van der Waals surface area contributed by atoms with E-state index < -0.39 is 0 Å². The number of rotatable bonds is 4. The lowest BCUT2D eigenvalue weighted by molar-refractivity contribution is -0.124. The van der Waals surface area contributed by atoms with E-state index >= 15 is 0 Å². The number of thiophene rings is 1. The van der Waals surface area contributed by atoms with Gasteiger partial charge in [-0.05, 0) is 61.0 Å². The molecule has 1 aliphatic heterocycles. The molecular formula is C14H22N2OS. The van der Waals surface area contributed by atoms with E-state index in [1.807, 2.05) is 0 Å². The quantitative estimate of drug-likeness (QED) is 0.877. The Morgan fingerprint density at radius 3 is 3.17 bits per heavy atom. The summed E-state index contributed by atoms with van der Waals surface area (Å²) in [4.78, 5) is 12.1. The van der Waals surface area contributed by atoms with Crippen molar-refractivity contribution in [3.8, 4) is 0 Å². The fourth-order valence-electron chi connectivity index (χ4n) is 2.46.